The van der Waals surface area contributed by atoms with E-state index in [-0.39, 0.29) is 62.2 Å². The second-order valence-corrected chi connectivity index (χ2v) is 13.4. The normalized spacial score (nSPS) is 19.1. The molecule has 10 nitrogen and oxygen atoms in total. The Kier molecular flexibility index (Phi) is 9.95. The van der Waals surface area contributed by atoms with Gasteiger partial charge in [0.2, 0.25) is 5.91 Å². The molecule has 14 heteroatoms. The molecule has 0 aromatic heterocycles. The lowest BCUT2D eigenvalue weighted by Gasteiger charge is -2.38. The Morgan fingerprint density at radius 3 is 2.30 bits per heavy atom. The number of hydrogen-bond acceptors (Lipinski definition) is 6. The largest absolute Gasteiger partial charge is 0.573 e. The Hall–Kier alpha value is -3.68. The van der Waals surface area contributed by atoms with Crippen molar-refractivity contribution in [3.8, 4) is 11.5 Å². The Morgan fingerprint density at radius 2 is 1.65 bits per heavy atom. The fraction of sp³-hybridized carbons (Fsp3) is 0.531. The first-order valence-corrected chi connectivity index (χ1v) is 16.2. The van der Waals surface area contributed by atoms with Gasteiger partial charge in [-0.1, -0.05) is 28.1 Å². The van der Waals surface area contributed by atoms with Crippen LogP contribution in [0.2, 0.25) is 0 Å². The van der Waals surface area contributed by atoms with Crippen LogP contribution < -0.4 is 14.4 Å². The first-order valence-electron chi connectivity index (χ1n) is 15.4. The molecular weight excluding hydrogens is 673 g/mol. The quantitative estimate of drug-likeness (QED) is 0.355. The summed E-state index contributed by atoms with van der Waals surface area (Å²) in [5, 5.41) is 9.20. The molecule has 1 unspecified atom stereocenters. The van der Waals surface area contributed by atoms with Crippen LogP contribution in [0.5, 0.6) is 11.5 Å². The molecule has 1 saturated carbocycles. The van der Waals surface area contributed by atoms with Gasteiger partial charge in [0, 0.05) is 73.6 Å². The van der Waals surface area contributed by atoms with Crippen LogP contribution in [0.4, 0.5) is 23.7 Å². The summed E-state index contributed by atoms with van der Waals surface area (Å²) < 4.78 is 50.3. The van der Waals surface area contributed by atoms with E-state index in [1.807, 2.05) is 18.2 Å². The van der Waals surface area contributed by atoms with Crippen LogP contribution in [0.3, 0.4) is 0 Å². The van der Waals surface area contributed by atoms with Gasteiger partial charge in [0.25, 0.3) is 5.91 Å². The molecule has 3 aliphatic rings. The number of carbonyl (C=O) groups excluding carboxylic acids is 2. The van der Waals surface area contributed by atoms with Crippen LogP contribution in [0.15, 0.2) is 46.9 Å². The van der Waals surface area contributed by atoms with Crippen molar-refractivity contribution in [1.82, 2.24) is 14.7 Å². The zero-order valence-electron chi connectivity index (χ0n) is 25.8. The van der Waals surface area contributed by atoms with E-state index in [0.717, 1.165) is 24.9 Å². The number of nitrogens with zero attached hydrogens (tertiary/aromatic N) is 4. The summed E-state index contributed by atoms with van der Waals surface area (Å²) in [6.45, 7) is 5.60. The van der Waals surface area contributed by atoms with Gasteiger partial charge in [0.05, 0.1) is 5.92 Å². The first kappa shape index (κ1) is 33.7. The van der Waals surface area contributed by atoms with E-state index >= 15 is 0 Å². The molecular formula is C32H38BrF3N4O6. The Balaban J connectivity index is 1.25. The van der Waals surface area contributed by atoms with Crippen molar-refractivity contribution in [3.05, 3.63) is 52.5 Å². The third-order valence-corrected chi connectivity index (χ3v) is 9.04. The van der Waals surface area contributed by atoms with Gasteiger partial charge < -0.3 is 34.2 Å². The second kappa shape index (κ2) is 13.6. The maximum atomic E-state index is 13.9. The molecule has 3 amide bonds. The molecule has 3 fully saturated rings. The minimum absolute atomic E-state index is 0.0196. The maximum absolute atomic E-state index is 13.9. The zero-order chi connectivity index (χ0) is 33.2. The average Bonchev–Trinajstić information content (AvgIpc) is 3.85. The lowest BCUT2D eigenvalue weighted by atomic mass is 9.95. The summed E-state index contributed by atoms with van der Waals surface area (Å²) >= 11 is 3.20. The van der Waals surface area contributed by atoms with Crippen LogP contribution in [0.1, 0.15) is 45.1 Å². The number of piperidine rings is 1. The van der Waals surface area contributed by atoms with Crippen molar-refractivity contribution < 1.29 is 42.1 Å². The van der Waals surface area contributed by atoms with Crippen molar-refractivity contribution in [2.24, 2.45) is 5.92 Å². The number of hydrogen-bond donors (Lipinski definition) is 1. The molecule has 0 radical (unpaired) electrons. The van der Waals surface area contributed by atoms with Crippen LogP contribution in [-0.2, 0) is 16.1 Å². The number of carboxylic acid groups (broad SMARTS) is 1. The summed E-state index contributed by atoms with van der Waals surface area (Å²) in [5.41, 5.74) is -0.0732. The Labute approximate surface area is 274 Å². The summed E-state index contributed by atoms with van der Waals surface area (Å²) in [4.78, 5) is 45.1. The number of benzene rings is 2. The zero-order valence-corrected chi connectivity index (χ0v) is 27.3. The predicted molar refractivity (Wildman–Crippen MR) is 167 cm³/mol. The van der Waals surface area contributed by atoms with E-state index < -0.39 is 18.1 Å². The molecule has 0 spiro atoms. The van der Waals surface area contributed by atoms with Gasteiger partial charge in [0.15, 0.2) is 5.60 Å². The standard InChI is InChI=1S/C32H38BrF3N4O6/c1-31(2,29(42)37-13-15-38(16-14-37)30(43)44)45-26-7-3-6-25(18-26)39-12-4-5-22(19-39)28(41)40(24-10-11-24)20-21-8-9-23(33)17-27(21)46-32(34,35)36/h3,6-9,17-18,22,24H,4-5,10-16,19-20H2,1-2H3,(H,43,44). The van der Waals surface area contributed by atoms with E-state index in [4.69, 9.17) is 4.74 Å². The fourth-order valence-corrected chi connectivity index (χ4v) is 6.39. The monoisotopic (exact) mass is 710 g/mol. The topological polar surface area (TPSA) is 103 Å². The number of alkyl halides is 3. The molecule has 46 heavy (non-hydrogen) atoms. The number of carbonyl (C=O) groups is 3. The van der Waals surface area contributed by atoms with E-state index in [1.54, 1.807) is 41.8 Å². The first-order chi connectivity index (χ1) is 21.7. The highest BCUT2D eigenvalue weighted by Gasteiger charge is 2.40. The fourth-order valence-electron chi connectivity index (χ4n) is 6.05. The highest BCUT2D eigenvalue weighted by molar-refractivity contribution is 9.10. The van der Waals surface area contributed by atoms with Crippen LogP contribution in [0, 0.1) is 5.92 Å². The van der Waals surface area contributed by atoms with Gasteiger partial charge in [-0.2, -0.15) is 0 Å². The highest BCUT2D eigenvalue weighted by atomic mass is 79.9. The van der Waals surface area contributed by atoms with E-state index in [2.05, 4.69) is 25.6 Å². The molecule has 250 valence electrons. The highest BCUT2D eigenvalue weighted by Crippen LogP contribution is 2.36. The number of anilines is 1. The van der Waals surface area contributed by atoms with E-state index in [0.29, 0.717) is 35.3 Å². The van der Waals surface area contributed by atoms with Gasteiger partial charge in [-0.15, -0.1) is 13.2 Å². The molecule has 5 rings (SSSR count). The maximum Gasteiger partial charge on any atom is 0.573 e. The van der Waals surface area contributed by atoms with Gasteiger partial charge in [-0.3, -0.25) is 9.59 Å². The Morgan fingerprint density at radius 1 is 0.957 bits per heavy atom. The van der Waals surface area contributed by atoms with Gasteiger partial charge in [-0.25, -0.2) is 4.79 Å². The lowest BCUT2D eigenvalue weighted by molar-refractivity contribution is -0.275. The molecule has 2 aliphatic heterocycles. The number of ether oxygens (including phenoxy) is 2. The van der Waals surface area contributed by atoms with E-state index in [9.17, 15) is 32.7 Å². The van der Waals surface area contributed by atoms with Gasteiger partial charge in [-0.05, 0) is 63.8 Å². The number of halogens is 4. The summed E-state index contributed by atoms with van der Waals surface area (Å²) in [6.07, 6.45) is -2.83. The van der Waals surface area contributed by atoms with Crippen LogP contribution in [-0.4, -0.2) is 95.0 Å². The number of piperazine rings is 1. The summed E-state index contributed by atoms with van der Waals surface area (Å²) in [6, 6.07) is 11.8. The number of amides is 3. The van der Waals surface area contributed by atoms with Crippen molar-refractivity contribution in [2.75, 3.05) is 44.2 Å². The Bertz CT molecular complexity index is 1450. The van der Waals surface area contributed by atoms with Crippen molar-refractivity contribution >= 4 is 39.5 Å². The molecule has 2 heterocycles. The van der Waals surface area contributed by atoms with Gasteiger partial charge in [0.1, 0.15) is 11.5 Å². The summed E-state index contributed by atoms with van der Waals surface area (Å²) in [7, 11) is 0. The van der Waals surface area contributed by atoms with Crippen LogP contribution >= 0.6 is 15.9 Å². The van der Waals surface area contributed by atoms with Crippen LogP contribution in [0.25, 0.3) is 0 Å². The molecule has 2 aromatic carbocycles. The molecule has 1 N–H and O–H groups in total. The van der Waals surface area contributed by atoms with Crippen molar-refractivity contribution in [3.63, 3.8) is 0 Å². The number of rotatable bonds is 9. The van der Waals surface area contributed by atoms with Gasteiger partial charge >= 0.3 is 12.5 Å². The SMILES string of the molecule is CC(C)(Oc1cccc(N2CCCC(C(=O)N(Cc3ccc(Br)cc3OC(F)(F)F)C3CC3)C2)c1)C(=O)N1CCN(C(=O)O)CC1. The molecule has 0 bridgehead atoms. The molecule has 2 saturated heterocycles. The molecule has 2 aromatic rings. The van der Waals surface area contributed by atoms with Crippen molar-refractivity contribution in [1.29, 1.82) is 0 Å². The predicted octanol–water partition coefficient (Wildman–Crippen LogP) is 5.73. The minimum Gasteiger partial charge on any atom is -0.478 e. The third kappa shape index (κ3) is 8.37. The third-order valence-electron chi connectivity index (χ3n) is 8.55. The smallest absolute Gasteiger partial charge is 0.478 e. The van der Waals surface area contributed by atoms with E-state index in [1.165, 1.54) is 11.0 Å². The minimum atomic E-state index is -4.86. The average molecular weight is 712 g/mol. The molecule has 1 aliphatic carbocycles. The summed E-state index contributed by atoms with van der Waals surface area (Å²) in [5.74, 6) is -0.507. The van der Waals surface area contributed by atoms with Crippen molar-refractivity contribution in [2.45, 2.75) is 64.1 Å². The second-order valence-electron chi connectivity index (χ2n) is 12.5. The lowest BCUT2D eigenvalue weighted by Crippen LogP contribution is -2.56. The molecule has 1 atom stereocenters.